The van der Waals surface area contributed by atoms with Crippen LogP contribution < -0.4 is 0 Å². The number of hydrogen-bond acceptors (Lipinski definition) is 2. The van der Waals surface area contributed by atoms with Gasteiger partial charge in [0.1, 0.15) is 0 Å². The average molecular weight is 314 g/mol. The summed E-state index contributed by atoms with van der Waals surface area (Å²) in [6, 6.07) is 11.4. The van der Waals surface area contributed by atoms with Gasteiger partial charge >= 0.3 is 0 Å². The highest BCUT2D eigenvalue weighted by atomic mass is 79.9. The minimum absolute atomic E-state index is 0.742. The Balaban J connectivity index is 1.75. The highest BCUT2D eigenvalue weighted by Crippen LogP contribution is 2.26. The third-order valence-corrected chi connectivity index (χ3v) is 5.20. The van der Waals surface area contributed by atoms with Crippen LogP contribution in [-0.4, -0.2) is 35.1 Å². The lowest BCUT2D eigenvalue weighted by molar-refractivity contribution is 0.268. The molecule has 1 aliphatic heterocycles. The third-order valence-electron chi connectivity index (χ3n) is 3.55. The molecule has 0 aliphatic carbocycles. The lowest BCUT2D eigenvalue weighted by Gasteiger charge is -2.24. The Hall–Kier alpha value is 0.01000. The van der Waals surface area contributed by atoms with Gasteiger partial charge in [0, 0.05) is 28.6 Å². The number of benzene rings is 1. The highest BCUT2D eigenvalue weighted by molar-refractivity contribution is 9.09. The summed E-state index contributed by atoms with van der Waals surface area (Å²) in [6.07, 6.45) is 1.35. The first kappa shape index (κ1) is 13.4. The summed E-state index contributed by atoms with van der Waals surface area (Å²) in [4.78, 5) is 4.02. The number of halogens is 1. The Morgan fingerprint density at radius 1 is 1.35 bits per heavy atom. The zero-order chi connectivity index (χ0) is 12.1. The van der Waals surface area contributed by atoms with Crippen LogP contribution in [0.25, 0.3) is 0 Å². The summed E-state index contributed by atoms with van der Waals surface area (Å²) in [6.45, 7) is 4.85. The van der Waals surface area contributed by atoms with Gasteiger partial charge in [-0.1, -0.05) is 41.1 Å². The van der Waals surface area contributed by atoms with Gasteiger partial charge in [-0.15, -0.1) is 11.8 Å². The molecule has 1 aliphatic rings. The fraction of sp³-hybridized carbons (Fsp3) is 0.571. The van der Waals surface area contributed by atoms with Gasteiger partial charge in [0.15, 0.2) is 0 Å². The van der Waals surface area contributed by atoms with Crippen molar-refractivity contribution in [1.82, 2.24) is 4.90 Å². The second kappa shape index (κ2) is 6.81. The van der Waals surface area contributed by atoms with Gasteiger partial charge in [-0.2, -0.15) is 0 Å². The van der Waals surface area contributed by atoms with Crippen LogP contribution in [0.1, 0.15) is 13.3 Å². The zero-order valence-corrected chi connectivity index (χ0v) is 12.7. The summed E-state index contributed by atoms with van der Waals surface area (Å²) in [5.41, 5.74) is 0. The average Bonchev–Trinajstić information content (AvgIpc) is 2.71. The molecule has 0 aromatic heterocycles. The smallest absolute Gasteiger partial charge is 0.0219 e. The lowest BCUT2D eigenvalue weighted by Crippen LogP contribution is -2.35. The first-order chi connectivity index (χ1) is 8.31. The molecule has 1 aromatic rings. The van der Waals surface area contributed by atoms with Crippen molar-refractivity contribution in [3.05, 3.63) is 30.3 Å². The number of alkyl halides is 1. The molecule has 0 radical (unpaired) electrons. The number of thioether (sulfide) groups is 1. The molecule has 2 atom stereocenters. The van der Waals surface area contributed by atoms with Crippen molar-refractivity contribution in [2.24, 2.45) is 5.92 Å². The van der Waals surface area contributed by atoms with E-state index in [1.165, 1.54) is 30.2 Å². The van der Waals surface area contributed by atoms with Gasteiger partial charge in [0.25, 0.3) is 0 Å². The third kappa shape index (κ3) is 3.73. The van der Waals surface area contributed by atoms with Gasteiger partial charge in [-0.25, -0.2) is 0 Å². The number of rotatable bonds is 5. The molecule has 0 amide bonds. The second-order valence-electron chi connectivity index (χ2n) is 4.69. The topological polar surface area (TPSA) is 3.24 Å². The zero-order valence-electron chi connectivity index (χ0n) is 10.3. The fourth-order valence-electron chi connectivity index (χ4n) is 2.41. The standard InChI is InChI=1S/C14H20BrNS/c1-12-7-8-16(14(12)11-15)9-10-17-13-5-3-2-4-6-13/h2-6,12,14H,7-11H2,1H3. The van der Waals surface area contributed by atoms with Crippen LogP contribution in [0.3, 0.4) is 0 Å². The predicted molar refractivity (Wildman–Crippen MR) is 80.1 cm³/mol. The molecule has 0 saturated carbocycles. The van der Waals surface area contributed by atoms with Crippen LogP contribution >= 0.6 is 27.7 Å². The summed E-state index contributed by atoms with van der Waals surface area (Å²) in [7, 11) is 0. The van der Waals surface area contributed by atoms with E-state index in [-0.39, 0.29) is 0 Å². The molecule has 3 heteroatoms. The fourth-order valence-corrected chi connectivity index (χ4v) is 4.37. The van der Waals surface area contributed by atoms with Crippen LogP contribution in [0.5, 0.6) is 0 Å². The number of hydrogen-bond donors (Lipinski definition) is 0. The van der Waals surface area contributed by atoms with Crippen LogP contribution in [0.2, 0.25) is 0 Å². The Morgan fingerprint density at radius 3 is 2.82 bits per heavy atom. The summed E-state index contributed by atoms with van der Waals surface area (Å²) in [5.74, 6) is 2.04. The molecule has 1 nitrogen and oxygen atoms in total. The predicted octanol–water partition coefficient (Wildman–Crippen LogP) is 3.88. The molecule has 1 heterocycles. The van der Waals surface area contributed by atoms with Crippen LogP contribution in [0, 0.1) is 5.92 Å². The first-order valence-corrected chi connectivity index (χ1v) is 8.40. The minimum Gasteiger partial charge on any atom is -0.298 e. The molecule has 1 aromatic carbocycles. The van der Waals surface area contributed by atoms with Crippen LogP contribution in [-0.2, 0) is 0 Å². The maximum absolute atomic E-state index is 3.65. The lowest BCUT2D eigenvalue weighted by atomic mass is 10.1. The minimum atomic E-state index is 0.742. The van der Waals surface area contributed by atoms with Crippen molar-refractivity contribution in [2.45, 2.75) is 24.3 Å². The Morgan fingerprint density at radius 2 is 2.12 bits per heavy atom. The molecule has 1 saturated heterocycles. The van der Waals surface area contributed by atoms with Crippen molar-refractivity contribution < 1.29 is 0 Å². The van der Waals surface area contributed by atoms with Gasteiger partial charge < -0.3 is 0 Å². The molecule has 1 fully saturated rings. The molecular formula is C14H20BrNS. The van der Waals surface area contributed by atoms with Gasteiger partial charge in [0.2, 0.25) is 0 Å². The molecule has 0 spiro atoms. The van der Waals surface area contributed by atoms with E-state index in [1.807, 2.05) is 11.8 Å². The Kier molecular flexibility index (Phi) is 5.39. The van der Waals surface area contributed by atoms with Crippen molar-refractivity contribution >= 4 is 27.7 Å². The highest BCUT2D eigenvalue weighted by Gasteiger charge is 2.29. The van der Waals surface area contributed by atoms with Crippen molar-refractivity contribution in [3.8, 4) is 0 Å². The maximum Gasteiger partial charge on any atom is 0.0219 e. The maximum atomic E-state index is 3.65. The molecule has 0 bridgehead atoms. The van der Waals surface area contributed by atoms with E-state index in [2.05, 4.69) is 58.1 Å². The Bertz CT molecular complexity index is 330. The molecule has 94 valence electrons. The van der Waals surface area contributed by atoms with E-state index in [0.717, 1.165) is 17.3 Å². The molecule has 2 rings (SSSR count). The number of likely N-dealkylation sites (tertiary alicyclic amines) is 1. The monoisotopic (exact) mass is 313 g/mol. The van der Waals surface area contributed by atoms with E-state index >= 15 is 0 Å². The van der Waals surface area contributed by atoms with Crippen molar-refractivity contribution in [1.29, 1.82) is 0 Å². The van der Waals surface area contributed by atoms with Crippen LogP contribution in [0.4, 0.5) is 0 Å². The molecule has 0 N–H and O–H groups in total. The van der Waals surface area contributed by atoms with E-state index in [4.69, 9.17) is 0 Å². The van der Waals surface area contributed by atoms with Gasteiger partial charge in [0.05, 0.1) is 0 Å². The van der Waals surface area contributed by atoms with Crippen molar-refractivity contribution in [2.75, 3.05) is 24.2 Å². The Labute approximate surface area is 117 Å². The SMILES string of the molecule is CC1CCN(CCSc2ccccc2)C1CBr. The quantitative estimate of drug-likeness (QED) is 0.599. The van der Waals surface area contributed by atoms with E-state index in [9.17, 15) is 0 Å². The van der Waals surface area contributed by atoms with E-state index < -0.39 is 0 Å². The second-order valence-corrected chi connectivity index (χ2v) is 6.50. The normalized spacial score (nSPS) is 25.3. The first-order valence-electron chi connectivity index (χ1n) is 6.29. The molecular weight excluding hydrogens is 294 g/mol. The summed E-state index contributed by atoms with van der Waals surface area (Å²) < 4.78 is 0. The molecule has 17 heavy (non-hydrogen) atoms. The number of nitrogens with zero attached hydrogens (tertiary/aromatic N) is 1. The van der Waals surface area contributed by atoms with Gasteiger partial charge in [-0.3, -0.25) is 4.90 Å². The van der Waals surface area contributed by atoms with Crippen LogP contribution in [0.15, 0.2) is 35.2 Å². The molecule has 2 unspecified atom stereocenters. The summed E-state index contributed by atoms with van der Waals surface area (Å²) in [5, 5.41) is 1.12. The van der Waals surface area contributed by atoms with E-state index in [1.54, 1.807) is 0 Å². The largest absolute Gasteiger partial charge is 0.298 e. The summed E-state index contributed by atoms with van der Waals surface area (Å²) >= 11 is 5.61. The van der Waals surface area contributed by atoms with Gasteiger partial charge in [-0.05, 0) is 31.0 Å². The van der Waals surface area contributed by atoms with E-state index in [0.29, 0.717) is 0 Å². The van der Waals surface area contributed by atoms with Crippen molar-refractivity contribution in [3.63, 3.8) is 0 Å².